The van der Waals surface area contributed by atoms with Gasteiger partial charge in [0, 0.05) is 18.7 Å². The van der Waals surface area contributed by atoms with Crippen LogP contribution in [-0.4, -0.2) is 19.1 Å². The zero-order valence-electron chi connectivity index (χ0n) is 14.8. The molecule has 0 saturated heterocycles. The summed E-state index contributed by atoms with van der Waals surface area (Å²) in [6.07, 6.45) is 2.97. The van der Waals surface area contributed by atoms with Crippen LogP contribution in [0.25, 0.3) is 10.8 Å². The Kier molecular flexibility index (Phi) is 4.98. The predicted octanol–water partition coefficient (Wildman–Crippen LogP) is 4.28. The minimum atomic E-state index is 0.00339. The van der Waals surface area contributed by atoms with Crippen LogP contribution in [0.2, 0.25) is 0 Å². The Morgan fingerprint density at radius 3 is 2.58 bits per heavy atom. The molecule has 1 aliphatic carbocycles. The summed E-state index contributed by atoms with van der Waals surface area (Å²) in [5.41, 5.74) is 4.67. The predicted molar refractivity (Wildman–Crippen MR) is 104 cm³/mol. The summed E-state index contributed by atoms with van der Waals surface area (Å²) < 4.78 is 5.67. The van der Waals surface area contributed by atoms with E-state index in [1.165, 1.54) is 22.1 Å². The third-order valence-electron chi connectivity index (χ3n) is 4.98. The van der Waals surface area contributed by atoms with Gasteiger partial charge in [-0.1, -0.05) is 54.6 Å². The SMILES string of the molecule is O=C(NCCCOCc1ccccc1)c1ccc2c3c(cccc13)CC2. The number of nitrogens with one attached hydrogen (secondary N) is 1. The van der Waals surface area contributed by atoms with Crippen molar-refractivity contribution in [3.63, 3.8) is 0 Å². The Hall–Kier alpha value is -2.65. The van der Waals surface area contributed by atoms with Gasteiger partial charge in [0.25, 0.3) is 5.91 Å². The van der Waals surface area contributed by atoms with Gasteiger partial charge in [-0.15, -0.1) is 0 Å². The van der Waals surface area contributed by atoms with Gasteiger partial charge in [0.05, 0.1) is 6.61 Å². The maximum absolute atomic E-state index is 12.6. The lowest BCUT2D eigenvalue weighted by Crippen LogP contribution is -2.25. The van der Waals surface area contributed by atoms with Crippen LogP contribution in [-0.2, 0) is 24.2 Å². The molecular weight excluding hydrogens is 322 g/mol. The van der Waals surface area contributed by atoms with Gasteiger partial charge in [0.15, 0.2) is 0 Å². The zero-order chi connectivity index (χ0) is 17.8. The molecule has 3 nitrogen and oxygen atoms in total. The minimum absolute atomic E-state index is 0.00339. The van der Waals surface area contributed by atoms with Crippen LogP contribution in [0.3, 0.4) is 0 Å². The van der Waals surface area contributed by atoms with Gasteiger partial charge in [-0.25, -0.2) is 0 Å². The molecule has 26 heavy (non-hydrogen) atoms. The largest absolute Gasteiger partial charge is 0.377 e. The third-order valence-corrected chi connectivity index (χ3v) is 4.98. The normalized spacial score (nSPS) is 12.5. The summed E-state index contributed by atoms with van der Waals surface area (Å²) in [5, 5.41) is 5.39. The van der Waals surface area contributed by atoms with E-state index >= 15 is 0 Å². The number of ether oxygens (including phenoxy) is 1. The number of rotatable bonds is 7. The highest BCUT2D eigenvalue weighted by molar-refractivity contribution is 6.09. The summed E-state index contributed by atoms with van der Waals surface area (Å²) in [6.45, 7) is 1.87. The first-order valence-corrected chi connectivity index (χ1v) is 9.26. The lowest BCUT2D eigenvalue weighted by molar-refractivity contribution is 0.0936. The van der Waals surface area contributed by atoms with Crippen molar-refractivity contribution in [2.45, 2.75) is 25.9 Å². The number of carbonyl (C=O) groups is 1. The van der Waals surface area contributed by atoms with Crippen LogP contribution in [0, 0.1) is 0 Å². The van der Waals surface area contributed by atoms with E-state index in [2.05, 4.69) is 41.7 Å². The molecule has 0 saturated carbocycles. The fourth-order valence-corrected chi connectivity index (χ4v) is 3.68. The molecule has 0 aromatic heterocycles. The summed E-state index contributed by atoms with van der Waals surface area (Å²) in [4.78, 5) is 12.6. The van der Waals surface area contributed by atoms with Crippen molar-refractivity contribution >= 4 is 16.7 Å². The van der Waals surface area contributed by atoms with Gasteiger partial charge >= 0.3 is 0 Å². The Labute approximate surface area is 154 Å². The first-order chi connectivity index (χ1) is 12.8. The maximum Gasteiger partial charge on any atom is 0.251 e. The Bertz CT molecular complexity index is 908. The number of aryl methyl sites for hydroxylation is 2. The maximum atomic E-state index is 12.6. The molecule has 0 spiro atoms. The standard InChI is InChI=1S/C23H23NO2/c25-23(24-14-5-15-26-16-17-6-2-1-3-7-17)21-13-12-19-11-10-18-8-4-9-20(21)22(18)19/h1-4,6-9,12-13H,5,10-11,14-16H2,(H,24,25). The average molecular weight is 345 g/mol. The van der Waals surface area contributed by atoms with E-state index in [0.717, 1.165) is 30.2 Å². The van der Waals surface area contributed by atoms with Crippen molar-refractivity contribution in [1.82, 2.24) is 5.32 Å². The van der Waals surface area contributed by atoms with Gasteiger partial charge in [0.1, 0.15) is 0 Å². The molecular formula is C23H23NO2. The lowest BCUT2D eigenvalue weighted by atomic mass is 9.99. The van der Waals surface area contributed by atoms with Crippen LogP contribution < -0.4 is 5.32 Å². The Morgan fingerprint density at radius 1 is 0.923 bits per heavy atom. The summed E-state index contributed by atoms with van der Waals surface area (Å²) in [5.74, 6) is 0.00339. The van der Waals surface area contributed by atoms with Gasteiger partial charge < -0.3 is 10.1 Å². The van der Waals surface area contributed by atoms with E-state index in [1.54, 1.807) is 0 Å². The molecule has 0 heterocycles. The molecule has 0 bridgehead atoms. The van der Waals surface area contributed by atoms with E-state index in [9.17, 15) is 4.79 Å². The Morgan fingerprint density at radius 2 is 1.73 bits per heavy atom. The minimum Gasteiger partial charge on any atom is -0.377 e. The number of hydrogen-bond acceptors (Lipinski definition) is 2. The van der Waals surface area contributed by atoms with Crippen LogP contribution >= 0.6 is 0 Å². The molecule has 1 N–H and O–H groups in total. The smallest absolute Gasteiger partial charge is 0.251 e. The van der Waals surface area contributed by atoms with Crippen molar-refractivity contribution in [3.05, 3.63) is 82.9 Å². The molecule has 0 radical (unpaired) electrons. The topological polar surface area (TPSA) is 38.3 Å². The summed E-state index contributed by atoms with van der Waals surface area (Å²) in [7, 11) is 0. The molecule has 0 fully saturated rings. The molecule has 0 unspecified atom stereocenters. The molecule has 4 rings (SSSR count). The van der Waals surface area contributed by atoms with Crippen molar-refractivity contribution in [2.75, 3.05) is 13.2 Å². The van der Waals surface area contributed by atoms with Crippen molar-refractivity contribution in [3.8, 4) is 0 Å². The average Bonchev–Trinajstić information content (AvgIpc) is 3.10. The number of carbonyl (C=O) groups excluding carboxylic acids is 1. The van der Waals surface area contributed by atoms with E-state index in [4.69, 9.17) is 4.74 Å². The van der Waals surface area contributed by atoms with Crippen molar-refractivity contribution in [2.24, 2.45) is 0 Å². The summed E-state index contributed by atoms with van der Waals surface area (Å²) >= 11 is 0. The molecule has 0 atom stereocenters. The van der Waals surface area contributed by atoms with E-state index in [0.29, 0.717) is 19.8 Å². The second-order valence-corrected chi connectivity index (χ2v) is 6.76. The van der Waals surface area contributed by atoms with Gasteiger partial charge in [0.2, 0.25) is 0 Å². The van der Waals surface area contributed by atoms with Crippen molar-refractivity contribution in [1.29, 1.82) is 0 Å². The van der Waals surface area contributed by atoms with Crippen molar-refractivity contribution < 1.29 is 9.53 Å². The third kappa shape index (κ3) is 3.49. The number of amides is 1. The quantitative estimate of drug-likeness (QED) is 0.649. The number of benzene rings is 3. The van der Waals surface area contributed by atoms with Crippen LogP contribution in [0.5, 0.6) is 0 Å². The fourth-order valence-electron chi connectivity index (χ4n) is 3.68. The molecule has 3 aromatic carbocycles. The second-order valence-electron chi connectivity index (χ2n) is 6.76. The Balaban J connectivity index is 1.30. The highest BCUT2D eigenvalue weighted by Crippen LogP contribution is 2.32. The van der Waals surface area contributed by atoms with Crippen LogP contribution in [0.4, 0.5) is 0 Å². The van der Waals surface area contributed by atoms with Gasteiger partial charge in [-0.3, -0.25) is 4.79 Å². The van der Waals surface area contributed by atoms with Crippen LogP contribution in [0.15, 0.2) is 60.7 Å². The molecule has 0 aliphatic heterocycles. The van der Waals surface area contributed by atoms with Gasteiger partial charge in [-0.2, -0.15) is 0 Å². The molecule has 3 heteroatoms. The van der Waals surface area contributed by atoms with E-state index < -0.39 is 0 Å². The lowest BCUT2D eigenvalue weighted by Gasteiger charge is -2.10. The highest BCUT2D eigenvalue weighted by Gasteiger charge is 2.18. The fraction of sp³-hybridized carbons (Fsp3) is 0.261. The zero-order valence-corrected chi connectivity index (χ0v) is 14.8. The highest BCUT2D eigenvalue weighted by atomic mass is 16.5. The molecule has 1 aliphatic rings. The second kappa shape index (κ2) is 7.71. The molecule has 3 aromatic rings. The first kappa shape index (κ1) is 16.8. The van der Waals surface area contributed by atoms with E-state index in [1.807, 2.05) is 24.3 Å². The molecule has 132 valence electrons. The summed E-state index contributed by atoms with van der Waals surface area (Å²) in [6, 6.07) is 20.5. The number of hydrogen-bond donors (Lipinski definition) is 1. The van der Waals surface area contributed by atoms with Gasteiger partial charge in [-0.05, 0) is 52.8 Å². The molecule has 1 amide bonds. The first-order valence-electron chi connectivity index (χ1n) is 9.26. The monoisotopic (exact) mass is 345 g/mol. The van der Waals surface area contributed by atoms with Crippen LogP contribution in [0.1, 0.15) is 33.5 Å². The van der Waals surface area contributed by atoms with E-state index in [-0.39, 0.29) is 5.91 Å².